The second kappa shape index (κ2) is 4.25. The van der Waals surface area contributed by atoms with E-state index in [2.05, 4.69) is 0 Å². The Labute approximate surface area is 78.2 Å². The van der Waals surface area contributed by atoms with Crippen molar-refractivity contribution < 1.29 is 10.2 Å². The van der Waals surface area contributed by atoms with Crippen LogP contribution < -0.4 is 0 Å². The molecule has 0 aromatic heterocycles. The van der Waals surface area contributed by atoms with E-state index in [0.717, 1.165) is 5.56 Å². The maximum Gasteiger partial charge on any atom is 0.125 e. The van der Waals surface area contributed by atoms with Crippen LogP contribution in [0.15, 0.2) is 18.2 Å². The summed E-state index contributed by atoms with van der Waals surface area (Å²) in [6, 6.07) is 5.41. The number of rotatable bonds is 3. The van der Waals surface area contributed by atoms with Gasteiger partial charge in [-0.1, -0.05) is 18.2 Å². The molecule has 0 atom stereocenters. The Balaban J connectivity index is 2.94. The van der Waals surface area contributed by atoms with Gasteiger partial charge in [0.15, 0.2) is 0 Å². The lowest BCUT2D eigenvalue weighted by Crippen LogP contribution is -2.11. The number of aliphatic hydroxyl groups excluding tert-OH is 1. The molecule has 0 aliphatic heterocycles. The first-order valence-electron chi connectivity index (χ1n) is 4.20. The van der Waals surface area contributed by atoms with Crippen molar-refractivity contribution in [3.05, 3.63) is 29.3 Å². The third-order valence-electron chi connectivity index (χ3n) is 1.86. The third kappa shape index (κ3) is 2.44. The molecule has 0 saturated carbocycles. The smallest absolute Gasteiger partial charge is 0.125 e. The highest BCUT2D eigenvalue weighted by atomic mass is 16.3. The lowest BCUT2D eigenvalue weighted by Gasteiger charge is -2.12. The highest BCUT2D eigenvalue weighted by Gasteiger charge is 2.05. The second-order valence-electron chi connectivity index (χ2n) is 3.32. The zero-order chi connectivity index (χ0) is 9.84. The van der Waals surface area contributed by atoms with E-state index in [1.165, 1.54) is 0 Å². The van der Waals surface area contributed by atoms with Crippen LogP contribution >= 0.6 is 0 Å². The summed E-state index contributed by atoms with van der Waals surface area (Å²) in [4.78, 5) is 1.97. The minimum Gasteiger partial charge on any atom is -0.507 e. The number of nitrogens with zero attached hydrogens (tertiary/aromatic N) is 1. The number of hydrogen-bond acceptors (Lipinski definition) is 3. The maximum absolute atomic E-state index is 9.65. The van der Waals surface area contributed by atoms with Crippen molar-refractivity contribution in [2.75, 3.05) is 14.1 Å². The monoisotopic (exact) mass is 181 g/mol. The van der Waals surface area contributed by atoms with E-state index in [1.54, 1.807) is 6.07 Å². The Morgan fingerprint density at radius 1 is 1.23 bits per heavy atom. The van der Waals surface area contributed by atoms with Gasteiger partial charge in [0.1, 0.15) is 5.75 Å². The summed E-state index contributed by atoms with van der Waals surface area (Å²) in [7, 11) is 3.87. The molecule has 0 saturated heterocycles. The van der Waals surface area contributed by atoms with Gasteiger partial charge in [-0.15, -0.1) is 0 Å². The molecular formula is C10H15NO2. The first-order valence-corrected chi connectivity index (χ1v) is 4.20. The molecule has 0 spiro atoms. The van der Waals surface area contributed by atoms with Crippen molar-refractivity contribution in [2.45, 2.75) is 13.2 Å². The quantitative estimate of drug-likeness (QED) is 0.729. The number of benzene rings is 1. The van der Waals surface area contributed by atoms with Crippen LogP contribution in [0.3, 0.4) is 0 Å². The summed E-state index contributed by atoms with van der Waals surface area (Å²) in [5.74, 6) is 0.207. The molecule has 0 heterocycles. The molecule has 0 unspecified atom stereocenters. The molecule has 0 radical (unpaired) electrons. The normalized spacial score (nSPS) is 10.8. The standard InChI is InChI=1S/C10H15NO2/c1-11(2)6-8-4-3-5-9(7-12)10(8)13/h3-5,12-13H,6-7H2,1-2H3. The average molecular weight is 181 g/mol. The van der Waals surface area contributed by atoms with E-state index >= 15 is 0 Å². The van der Waals surface area contributed by atoms with Crippen LogP contribution in [0.1, 0.15) is 11.1 Å². The number of aromatic hydroxyl groups is 1. The summed E-state index contributed by atoms with van der Waals surface area (Å²) in [6.45, 7) is 0.562. The van der Waals surface area contributed by atoms with Crippen LogP contribution in [0.4, 0.5) is 0 Å². The Morgan fingerprint density at radius 2 is 1.85 bits per heavy atom. The Bertz CT molecular complexity index is 284. The van der Waals surface area contributed by atoms with E-state index in [0.29, 0.717) is 12.1 Å². The van der Waals surface area contributed by atoms with Gasteiger partial charge < -0.3 is 15.1 Å². The van der Waals surface area contributed by atoms with Gasteiger partial charge in [-0.3, -0.25) is 0 Å². The predicted octanol–water partition coefficient (Wildman–Crippen LogP) is 0.946. The largest absolute Gasteiger partial charge is 0.507 e. The molecule has 0 fully saturated rings. The van der Waals surface area contributed by atoms with Gasteiger partial charge in [-0.25, -0.2) is 0 Å². The van der Waals surface area contributed by atoms with Gasteiger partial charge in [0.25, 0.3) is 0 Å². The highest BCUT2D eigenvalue weighted by Crippen LogP contribution is 2.22. The fraction of sp³-hybridized carbons (Fsp3) is 0.400. The summed E-state index contributed by atoms with van der Waals surface area (Å²) >= 11 is 0. The van der Waals surface area contributed by atoms with Crippen LogP contribution in [0.5, 0.6) is 5.75 Å². The van der Waals surface area contributed by atoms with Crippen molar-refractivity contribution in [3.63, 3.8) is 0 Å². The van der Waals surface area contributed by atoms with Crippen LogP contribution in [0.2, 0.25) is 0 Å². The fourth-order valence-corrected chi connectivity index (χ4v) is 1.24. The van der Waals surface area contributed by atoms with E-state index in [-0.39, 0.29) is 12.4 Å². The zero-order valence-electron chi connectivity index (χ0n) is 7.99. The summed E-state index contributed by atoms with van der Waals surface area (Å²) in [5, 5.41) is 18.6. The van der Waals surface area contributed by atoms with E-state index in [4.69, 9.17) is 5.11 Å². The van der Waals surface area contributed by atoms with Gasteiger partial charge in [0.05, 0.1) is 6.61 Å². The second-order valence-corrected chi connectivity index (χ2v) is 3.32. The predicted molar refractivity (Wildman–Crippen MR) is 51.4 cm³/mol. The molecule has 1 aromatic rings. The van der Waals surface area contributed by atoms with Crippen molar-refractivity contribution in [2.24, 2.45) is 0 Å². The Kier molecular flexibility index (Phi) is 3.28. The molecule has 0 amide bonds. The number of aliphatic hydroxyl groups is 1. The lowest BCUT2D eigenvalue weighted by molar-refractivity contribution is 0.274. The highest BCUT2D eigenvalue weighted by molar-refractivity contribution is 5.39. The summed E-state index contributed by atoms with van der Waals surface area (Å²) in [5.41, 5.74) is 1.43. The molecule has 1 rings (SSSR count). The third-order valence-corrected chi connectivity index (χ3v) is 1.86. The van der Waals surface area contributed by atoms with Crippen molar-refractivity contribution >= 4 is 0 Å². The van der Waals surface area contributed by atoms with E-state index in [9.17, 15) is 5.11 Å². The average Bonchev–Trinajstić information content (AvgIpc) is 2.08. The molecule has 72 valence electrons. The topological polar surface area (TPSA) is 43.7 Å². The molecular weight excluding hydrogens is 166 g/mol. The van der Waals surface area contributed by atoms with E-state index in [1.807, 2.05) is 31.1 Å². The Hall–Kier alpha value is -1.06. The minimum absolute atomic E-state index is 0.118. The van der Waals surface area contributed by atoms with Gasteiger partial charge in [-0.05, 0) is 14.1 Å². The maximum atomic E-state index is 9.65. The first kappa shape index (κ1) is 10.0. The zero-order valence-corrected chi connectivity index (χ0v) is 7.99. The van der Waals surface area contributed by atoms with Crippen LogP contribution in [0.25, 0.3) is 0 Å². The fourth-order valence-electron chi connectivity index (χ4n) is 1.24. The summed E-state index contributed by atoms with van der Waals surface area (Å²) in [6.07, 6.45) is 0. The van der Waals surface area contributed by atoms with Gasteiger partial charge in [0, 0.05) is 17.7 Å². The number of para-hydroxylation sites is 1. The van der Waals surface area contributed by atoms with Crippen molar-refractivity contribution in [1.29, 1.82) is 0 Å². The number of hydrogen-bond donors (Lipinski definition) is 2. The molecule has 2 N–H and O–H groups in total. The first-order chi connectivity index (χ1) is 6.15. The molecule has 0 aliphatic rings. The number of phenols is 1. The van der Waals surface area contributed by atoms with Crippen LogP contribution in [-0.2, 0) is 13.2 Å². The molecule has 3 nitrogen and oxygen atoms in total. The van der Waals surface area contributed by atoms with Crippen LogP contribution in [-0.4, -0.2) is 29.2 Å². The van der Waals surface area contributed by atoms with Crippen molar-refractivity contribution in [1.82, 2.24) is 4.90 Å². The minimum atomic E-state index is -0.118. The molecule has 0 aliphatic carbocycles. The Morgan fingerprint density at radius 3 is 2.38 bits per heavy atom. The molecule has 1 aromatic carbocycles. The SMILES string of the molecule is CN(C)Cc1cccc(CO)c1O. The van der Waals surface area contributed by atoms with Gasteiger partial charge in [-0.2, -0.15) is 0 Å². The van der Waals surface area contributed by atoms with Crippen molar-refractivity contribution in [3.8, 4) is 5.75 Å². The van der Waals surface area contributed by atoms with E-state index < -0.39 is 0 Å². The molecule has 13 heavy (non-hydrogen) atoms. The van der Waals surface area contributed by atoms with Gasteiger partial charge >= 0.3 is 0 Å². The molecule has 0 bridgehead atoms. The van der Waals surface area contributed by atoms with Gasteiger partial charge in [0.2, 0.25) is 0 Å². The van der Waals surface area contributed by atoms with Crippen LogP contribution in [0, 0.1) is 0 Å². The lowest BCUT2D eigenvalue weighted by atomic mass is 10.1. The molecule has 3 heteroatoms. The summed E-state index contributed by atoms with van der Waals surface area (Å²) < 4.78 is 0.